The molecule has 3 heterocycles. The van der Waals surface area contributed by atoms with Crippen LogP contribution in [0.3, 0.4) is 0 Å². The number of amides is 3. The zero-order chi connectivity index (χ0) is 19.3. The number of likely N-dealkylation sites (tertiary alicyclic amines) is 2. The monoisotopic (exact) mass is 374 g/mol. The highest BCUT2D eigenvalue weighted by atomic mass is 16.5. The number of ether oxygens (including phenoxy) is 1. The van der Waals surface area contributed by atoms with E-state index in [1.54, 1.807) is 11.1 Å². The van der Waals surface area contributed by atoms with Gasteiger partial charge < -0.3 is 19.9 Å². The Balaban J connectivity index is 1.63. The lowest BCUT2D eigenvalue weighted by Crippen LogP contribution is -2.56. The zero-order valence-electron chi connectivity index (χ0n) is 15.6. The van der Waals surface area contributed by atoms with Crippen molar-refractivity contribution in [3.63, 3.8) is 0 Å². The number of hydrogen-bond donors (Lipinski definition) is 1. The van der Waals surface area contributed by atoms with E-state index in [9.17, 15) is 14.4 Å². The first kappa shape index (κ1) is 19.1. The van der Waals surface area contributed by atoms with Gasteiger partial charge in [-0.25, -0.2) is 4.79 Å². The Kier molecular flexibility index (Phi) is 5.93. The number of esters is 1. The topological polar surface area (TPSA) is 91.8 Å². The number of carbonyl (C=O) groups is 3. The molecule has 0 aliphatic carbocycles. The summed E-state index contributed by atoms with van der Waals surface area (Å²) >= 11 is 0. The van der Waals surface area contributed by atoms with Gasteiger partial charge in [-0.2, -0.15) is 0 Å². The molecule has 0 unspecified atom stereocenters. The van der Waals surface area contributed by atoms with Gasteiger partial charge in [0, 0.05) is 37.7 Å². The lowest BCUT2D eigenvalue weighted by molar-refractivity contribution is -0.140. The third-order valence-electron chi connectivity index (χ3n) is 5.39. The van der Waals surface area contributed by atoms with Crippen LogP contribution >= 0.6 is 0 Å². The third-order valence-corrected chi connectivity index (χ3v) is 5.39. The van der Waals surface area contributed by atoms with Crippen LogP contribution in [0, 0.1) is 5.41 Å². The molecule has 1 N–H and O–H groups in total. The summed E-state index contributed by atoms with van der Waals surface area (Å²) in [6.45, 7) is 2.23. The minimum absolute atomic E-state index is 0.0937. The molecule has 3 amide bonds. The largest absolute Gasteiger partial charge is 0.468 e. The van der Waals surface area contributed by atoms with Gasteiger partial charge in [0.2, 0.25) is 5.91 Å². The first-order valence-electron chi connectivity index (χ1n) is 9.29. The highest BCUT2D eigenvalue weighted by Gasteiger charge is 2.42. The molecule has 1 atom stereocenters. The highest BCUT2D eigenvalue weighted by molar-refractivity contribution is 5.81. The predicted octanol–water partition coefficient (Wildman–Crippen LogP) is 1.17. The maximum atomic E-state index is 12.4. The van der Waals surface area contributed by atoms with Crippen molar-refractivity contribution < 1.29 is 19.1 Å². The fourth-order valence-electron chi connectivity index (χ4n) is 3.98. The molecule has 2 saturated heterocycles. The molecule has 2 aliphatic rings. The van der Waals surface area contributed by atoms with E-state index in [-0.39, 0.29) is 23.9 Å². The van der Waals surface area contributed by atoms with E-state index in [0.29, 0.717) is 32.6 Å². The zero-order valence-corrected chi connectivity index (χ0v) is 15.6. The number of aromatic nitrogens is 1. The van der Waals surface area contributed by atoms with Crippen LogP contribution in [0.1, 0.15) is 31.4 Å². The van der Waals surface area contributed by atoms with Gasteiger partial charge in [-0.15, -0.1) is 0 Å². The number of methoxy groups -OCH3 is 1. The Hall–Kier alpha value is -2.64. The number of piperidine rings is 2. The number of nitrogens with zero attached hydrogens (tertiary/aromatic N) is 3. The summed E-state index contributed by atoms with van der Waals surface area (Å²) in [5, 5.41) is 2.61. The minimum Gasteiger partial charge on any atom is -0.468 e. The van der Waals surface area contributed by atoms with Gasteiger partial charge in [-0.05, 0) is 31.4 Å². The van der Waals surface area contributed by atoms with Gasteiger partial charge in [0.05, 0.1) is 19.3 Å². The summed E-state index contributed by atoms with van der Waals surface area (Å²) in [6.07, 6.45) is 4.88. The summed E-state index contributed by atoms with van der Waals surface area (Å²) < 4.78 is 4.56. The Bertz CT molecular complexity index is 696. The van der Waals surface area contributed by atoms with Crippen LogP contribution in [0.4, 0.5) is 4.79 Å². The smallest absolute Gasteiger partial charge is 0.325 e. The number of hydrogen-bond acceptors (Lipinski definition) is 5. The molecule has 0 saturated carbocycles. The average molecular weight is 374 g/mol. The molecule has 2 aliphatic heterocycles. The van der Waals surface area contributed by atoms with Crippen molar-refractivity contribution in [3.8, 4) is 0 Å². The number of nitrogens with one attached hydrogen (secondary N) is 1. The summed E-state index contributed by atoms with van der Waals surface area (Å²) in [7, 11) is 1.29. The van der Waals surface area contributed by atoms with Crippen LogP contribution in [0.25, 0.3) is 0 Å². The second-order valence-corrected chi connectivity index (χ2v) is 7.33. The summed E-state index contributed by atoms with van der Waals surface area (Å²) in [5.74, 6) is -0.335. The summed E-state index contributed by atoms with van der Waals surface area (Å²) in [6, 6.07) is 5.44. The van der Waals surface area contributed by atoms with E-state index in [0.717, 1.165) is 25.0 Å². The molecular formula is C19H26N4O4. The fourth-order valence-corrected chi connectivity index (χ4v) is 3.98. The van der Waals surface area contributed by atoms with Crippen molar-refractivity contribution in [2.75, 3.05) is 33.3 Å². The van der Waals surface area contributed by atoms with Crippen LogP contribution in [-0.2, 0) is 20.9 Å². The van der Waals surface area contributed by atoms with Gasteiger partial charge in [-0.3, -0.25) is 14.6 Å². The average Bonchev–Trinajstić information content (AvgIpc) is 2.69. The van der Waals surface area contributed by atoms with E-state index in [1.165, 1.54) is 7.11 Å². The van der Waals surface area contributed by atoms with Crippen molar-refractivity contribution >= 4 is 17.9 Å². The lowest BCUT2D eigenvalue weighted by Gasteiger charge is -2.48. The first-order valence-corrected chi connectivity index (χ1v) is 9.29. The van der Waals surface area contributed by atoms with Crippen molar-refractivity contribution in [1.82, 2.24) is 20.1 Å². The van der Waals surface area contributed by atoms with E-state index in [1.807, 2.05) is 23.1 Å². The van der Waals surface area contributed by atoms with Crippen LogP contribution in [-0.4, -0.2) is 66.0 Å². The van der Waals surface area contributed by atoms with Crippen molar-refractivity contribution in [2.24, 2.45) is 5.41 Å². The molecule has 1 aromatic rings. The van der Waals surface area contributed by atoms with Crippen LogP contribution < -0.4 is 5.32 Å². The molecule has 2 fully saturated rings. The van der Waals surface area contributed by atoms with E-state index in [4.69, 9.17) is 0 Å². The van der Waals surface area contributed by atoms with Gasteiger partial charge >= 0.3 is 12.0 Å². The molecule has 0 bridgehead atoms. The lowest BCUT2D eigenvalue weighted by atomic mass is 9.73. The normalized spacial score (nSPS) is 22.6. The molecule has 0 aromatic carbocycles. The SMILES string of the molecule is COC(=O)CNC(=O)N1CCC[C@]2(CCC(=O)N(Cc3ccccn3)C2)C1. The maximum absolute atomic E-state index is 12.4. The van der Waals surface area contributed by atoms with Crippen LogP contribution in [0.2, 0.25) is 0 Å². The molecule has 27 heavy (non-hydrogen) atoms. The Morgan fingerprint density at radius 1 is 1.30 bits per heavy atom. The second-order valence-electron chi connectivity index (χ2n) is 7.33. The minimum atomic E-state index is -0.472. The number of pyridine rings is 1. The van der Waals surface area contributed by atoms with Crippen LogP contribution in [0.5, 0.6) is 0 Å². The van der Waals surface area contributed by atoms with Crippen LogP contribution in [0.15, 0.2) is 24.4 Å². The van der Waals surface area contributed by atoms with Gasteiger partial charge in [0.25, 0.3) is 0 Å². The maximum Gasteiger partial charge on any atom is 0.325 e. The van der Waals surface area contributed by atoms with Gasteiger partial charge in [-0.1, -0.05) is 6.07 Å². The Labute approximate surface area is 158 Å². The standard InChI is InChI=1S/C19H26N4O4/c1-27-17(25)11-21-18(26)22-10-4-7-19(13-22)8-6-16(24)23(14-19)12-15-5-2-3-9-20-15/h2-3,5,9H,4,6-8,10-14H2,1H3,(H,21,26)/t19-/m0/s1. The van der Waals surface area contributed by atoms with E-state index >= 15 is 0 Å². The molecular weight excluding hydrogens is 348 g/mol. The van der Waals surface area contributed by atoms with E-state index in [2.05, 4.69) is 15.0 Å². The summed E-state index contributed by atoms with van der Waals surface area (Å²) in [4.78, 5) is 44.0. The molecule has 146 valence electrons. The summed E-state index contributed by atoms with van der Waals surface area (Å²) in [5.41, 5.74) is 0.773. The van der Waals surface area contributed by atoms with Crippen molar-refractivity contribution in [2.45, 2.75) is 32.2 Å². The molecule has 8 nitrogen and oxygen atoms in total. The Morgan fingerprint density at radius 3 is 2.89 bits per heavy atom. The number of carbonyl (C=O) groups excluding carboxylic acids is 3. The van der Waals surface area contributed by atoms with Gasteiger partial charge in [0.15, 0.2) is 0 Å². The van der Waals surface area contributed by atoms with Gasteiger partial charge in [0.1, 0.15) is 6.54 Å². The molecule has 0 radical (unpaired) electrons. The second kappa shape index (κ2) is 8.37. The van der Waals surface area contributed by atoms with Crippen molar-refractivity contribution in [1.29, 1.82) is 0 Å². The number of urea groups is 1. The first-order chi connectivity index (χ1) is 13.0. The van der Waals surface area contributed by atoms with Crippen molar-refractivity contribution in [3.05, 3.63) is 30.1 Å². The predicted molar refractivity (Wildman–Crippen MR) is 97.5 cm³/mol. The fraction of sp³-hybridized carbons (Fsp3) is 0.579. The third kappa shape index (κ3) is 4.75. The molecule has 1 spiro atoms. The highest BCUT2D eigenvalue weighted by Crippen LogP contribution is 2.39. The quantitative estimate of drug-likeness (QED) is 0.799. The molecule has 8 heteroatoms. The molecule has 1 aromatic heterocycles. The Morgan fingerprint density at radius 2 is 2.15 bits per heavy atom. The number of rotatable bonds is 4. The molecule has 3 rings (SSSR count). The van der Waals surface area contributed by atoms with E-state index < -0.39 is 5.97 Å².